The molecule has 0 saturated carbocycles. The van der Waals surface area contributed by atoms with Gasteiger partial charge in [0.25, 0.3) is 0 Å². The molecule has 1 heterocycles. The maximum absolute atomic E-state index is 12.5. The number of rotatable bonds is 5. The van der Waals surface area contributed by atoms with Crippen molar-refractivity contribution in [2.75, 3.05) is 7.05 Å². The Morgan fingerprint density at radius 1 is 1.44 bits per heavy atom. The number of hydrogen-bond acceptors (Lipinski definition) is 3. The molecule has 1 aromatic rings. The topological polar surface area (TPSA) is 37.4 Å². The van der Waals surface area contributed by atoms with Crippen LogP contribution in [0, 0.1) is 5.92 Å². The number of thiophene rings is 1. The highest BCUT2D eigenvalue weighted by Crippen LogP contribution is 2.34. The van der Waals surface area contributed by atoms with Crippen molar-refractivity contribution in [3.8, 4) is 0 Å². The monoisotopic (exact) mass is 373 g/mol. The number of alkyl halides is 1. The lowest BCUT2D eigenvalue weighted by molar-refractivity contribution is 0.316. The SMILES string of the molecule is CC(C)C(C)N(C)S(=O)(=O)c1cc(CCl)sc1Br. The van der Waals surface area contributed by atoms with Crippen LogP contribution >= 0.6 is 38.9 Å². The molecule has 0 aliphatic rings. The normalized spacial score (nSPS) is 14.4. The Balaban J connectivity index is 3.17. The van der Waals surface area contributed by atoms with Crippen LogP contribution in [0.2, 0.25) is 0 Å². The van der Waals surface area contributed by atoms with Crippen LogP contribution in [0.4, 0.5) is 0 Å². The lowest BCUT2D eigenvalue weighted by Gasteiger charge is -2.26. The lowest BCUT2D eigenvalue weighted by atomic mass is 10.1. The van der Waals surface area contributed by atoms with Crippen LogP contribution in [0.15, 0.2) is 14.7 Å². The first-order chi connectivity index (χ1) is 8.21. The zero-order chi connectivity index (χ0) is 14.1. The molecule has 0 aliphatic heterocycles. The lowest BCUT2D eigenvalue weighted by Crippen LogP contribution is -2.38. The van der Waals surface area contributed by atoms with Crippen molar-refractivity contribution in [3.63, 3.8) is 0 Å². The molecule has 0 spiro atoms. The molecule has 0 aliphatic carbocycles. The first kappa shape index (κ1) is 16.4. The minimum Gasteiger partial charge on any atom is -0.207 e. The van der Waals surface area contributed by atoms with Crippen LogP contribution in [0.5, 0.6) is 0 Å². The summed E-state index contributed by atoms with van der Waals surface area (Å²) < 4.78 is 27.0. The summed E-state index contributed by atoms with van der Waals surface area (Å²) in [6.45, 7) is 5.91. The summed E-state index contributed by atoms with van der Waals surface area (Å²) >= 11 is 10.4. The molecule has 104 valence electrons. The molecule has 1 atom stereocenters. The Labute approximate surface area is 126 Å². The van der Waals surface area contributed by atoms with Crippen LogP contribution in [0.3, 0.4) is 0 Å². The fourth-order valence-electron chi connectivity index (χ4n) is 1.43. The molecular weight excluding hydrogens is 358 g/mol. The molecule has 0 radical (unpaired) electrons. The second-order valence-electron chi connectivity index (χ2n) is 4.49. The Morgan fingerprint density at radius 2 is 2.00 bits per heavy atom. The van der Waals surface area contributed by atoms with Crippen molar-refractivity contribution in [2.24, 2.45) is 5.92 Å². The van der Waals surface area contributed by atoms with Crippen molar-refractivity contribution in [2.45, 2.75) is 37.6 Å². The van der Waals surface area contributed by atoms with Gasteiger partial charge >= 0.3 is 0 Å². The van der Waals surface area contributed by atoms with Gasteiger partial charge in [0.05, 0.1) is 9.67 Å². The van der Waals surface area contributed by atoms with Gasteiger partial charge < -0.3 is 0 Å². The molecular formula is C11H17BrClNO2S2. The minimum atomic E-state index is -3.46. The van der Waals surface area contributed by atoms with Crippen LogP contribution < -0.4 is 0 Å². The quantitative estimate of drug-likeness (QED) is 0.733. The highest BCUT2D eigenvalue weighted by Gasteiger charge is 2.30. The average molecular weight is 375 g/mol. The molecule has 1 aromatic heterocycles. The maximum Gasteiger partial charge on any atom is 0.245 e. The summed E-state index contributed by atoms with van der Waals surface area (Å²) in [5, 5.41) is 0. The van der Waals surface area contributed by atoms with E-state index < -0.39 is 10.0 Å². The summed E-state index contributed by atoms with van der Waals surface area (Å²) in [7, 11) is -1.85. The smallest absolute Gasteiger partial charge is 0.207 e. The van der Waals surface area contributed by atoms with Crippen LogP contribution in [-0.2, 0) is 15.9 Å². The van der Waals surface area contributed by atoms with E-state index in [-0.39, 0.29) is 12.0 Å². The van der Waals surface area contributed by atoms with E-state index in [2.05, 4.69) is 15.9 Å². The Hall–Kier alpha value is 0.380. The molecule has 1 unspecified atom stereocenters. The molecule has 0 amide bonds. The largest absolute Gasteiger partial charge is 0.245 e. The summed E-state index contributed by atoms with van der Waals surface area (Å²) in [6, 6.07) is 1.59. The maximum atomic E-state index is 12.5. The van der Waals surface area contributed by atoms with Crippen molar-refractivity contribution in [1.82, 2.24) is 4.31 Å². The average Bonchev–Trinajstić information content (AvgIpc) is 2.69. The summed E-state index contributed by atoms with van der Waals surface area (Å²) in [5.74, 6) is 0.581. The predicted octanol–water partition coefficient (Wildman–Crippen LogP) is 3.91. The van der Waals surface area contributed by atoms with E-state index in [1.54, 1.807) is 13.1 Å². The molecule has 0 N–H and O–H groups in total. The first-order valence-corrected chi connectivity index (χ1v) is 9.12. The third kappa shape index (κ3) is 3.28. The molecule has 1 rings (SSSR count). The van der Waals surface area contributed by atoms with Gasteiger partial charge in [-0.15, -0.1) is 22.9 Å². The highest BCUT2D eigenvalue weighted by atomic mass is 79.9. The van der Waals surface area contributed by atoms with Gasteiger partial charge in [-0.05, 0) is 34.8 Å². The van der Waals surface area contributed by atoms with Crippen molar-refractivity contribution < 1.29 is 8.42 Å². The van der Waals surface area contributed by atoms with Crippen LogP contribution in [0.1, 0.15) is 25.6 Å². The van der Waals surface area contributed by atoms with E-state index in [0.29, 0.717) is 14.6 Å². The van der Waals surface area contributed by atoms with Gasteiger partial charge in [-0.2, -0.15) is 4.31 Å². The van der Waals surface area contributed by atoms with E-state index in [9.17, 15) is 8.42 Å². The fourth-order valence-corrected chi connectivity index (χ4v) is 5.65. The second kappa shape index (κ2) is 6.22. The van der Waals surface area contributed by atoms with Crippen molar-refractivity contribution in [3.05, 3.63) is 14.7 Å². The van der Waals surface area contributed by atoms with Gasteiger partial charge in [0.2, 0.25) is 10.0 Å². The zero-order valence-corrected chi connectivity index (χ0v) is 14.8. The van der Waals surface area contributed by atoms with Crippen LogP contribution in [-0.4, -0.2) is 25.8 Å². The number of nitrogens with zero attached hydrogens (tertiary/aromatic N) is 1. The van der Waals surface area contributed by atoms with Gasteiger partial charge in [-0.25, -0.2) is 8.42 Å². The fraction of sp³-hybridized carbons (Fsp3) is 0.636. The van der Waals surface area contributed by atoms with E-state index in [4.69, 9.17) is 11.6 Å². The predicted molar refractivity (Wildman–Crippen MR) is 80.8 cm³/mol. The molecule has 0 saturated heterocycles. The number of halogens is 2. The van der Waals surface area contributed by atoms with Crippen LogP contribution in [0.25, 0.3) is 0 Å². The summed E-state index contributed by atoms with van der Waals surface area (Å²) in [6.07, 6.45) is 0. The number of sulfonamides is 1. The molecule has 0 bridgehead atoms. The number of hydrogen-bond donors (Lipinski definition) is 0. The van der Waals surface area contributed by atoms with E-state index in [1.807, 2.05) is 20.8 Å². The van der Waals surface area contributed by atoms with Gasteiger partial charge in [0.1, 0.15) is 4.90 Å². The minimum absolute atomic E-state index is 0.0544. The van der Waals surface area contributed by atoms with Gasteiger partial charge in [-0.3, -0.25) is 0 Å². The third-order valence-electron chi connectivity index (χ3n) is 3.03. The third-order valence-corrected chi connectivity index (χ3v) is 7.68. The zero-order valence-electron chi connectivity index (χ0n) is 10.8. The first-order valence-electron chi connectivity index (χ1n) is 5.54. The Morgan fingerprint density at radius 3 is 2.39 bits per heavy atom. The van der Waals surface area contributed by atoms with Gasteiger partial charge in [0.15, 0.2) is 0 Å². The Kier molecular flexibility index (Phi) is 5.68. The molecule has 0 aromatic carbocycles. The van der Waals surface area contributed by atoms with Crippen molar-refractivity contribution in [1.29, 1.82) is 0 Å². The molecule has 0 fully saturated rings. The van der Waals surface area contributed by atoms with Gasteiger partial charge in [0, 0.05) is 18.0 Å². The Bertz CT molecular complexity index is 513. The van der Waals surface area contributed by atoms with Crippen molar-refractivity contribution >= 4 is 48.9 Å². The summed E-state index contributed by atoms with van der Waals surface area (Å²) in [5.41, 5.74) is 0. The summed E-state index contributed by atoms with van der Waals surface area (Å²) in [4.78, 5) is 1.14. The highest BCUT2D eigenvalue weighted by molar-refractivity contribution is 9.11. The molecule has 18 heavy (non-hydrogen) atoms. The van der Waals surface area contributed by atoms with E-state index in [1.165, 1.54) is 15.6 Å². The van der Waals surface area contributed by atoms with Gasteiger partial charge in [-0.1, -0.05) is 13.8 Å². The molecule has 7 heteroatoms. The second-order valence-corrected chi connectivity index (χ2v) is 9.18. The molecule has 3 nitrogen and oxygen atoms in total. The van der Waals surface area contributed by atoms with E-state index >= 15 is 0 Å². The van der Waals surface area contributed by atoms with E-state index in [0.717, 1.165) is 4.88 Å². The standard InChI is InChI=1S/C11H17BrClNO2S2/c1-7(2)8(3)14(4)18(15,16)10-5-9(6-13)17-11(10)12/h5,7-8H,6H2,1-4H3.